The van der Waals surface area contributed by atoms with Crippen LogP contribution in [0.15, 0.2) is 70.2 Å². The van der Waals surface area contributed by atoms with Crippen molar-refractivity contribution in [3.05, 3.63) is 77.5 Å². The van der Waals surface area contributed by atoms with E-state index in [0.29, 0.717) is 36.9 Å². The Kier molecular flexibility index (Phi) is 8.27. The normalized spacial score (nSPS) is 12.1. The standard InChI is InChI=1S/C23H25F3N4O2/c1-2-27-22(29-14-20-12-21(32-30-20)19-6-4-3-5-7-19)28-13-17-8-10-18(11-9-17)15-31-16-23(24,25)26/h3-12H,2,13-16H2,1H3,(H2,27,28,29). The fraction of sp³-hybridized carbons (Fsp3) is 0.304. The van der Waals surface area contributed by atoms with E-state index in [2.05, 4.69) is 25.5 Å². The van der Waals surface area contributed by atoms with Crippen LogP contribution in [0.2, 0.25) is 0 Å². The van der Waals surface area contributed by atoms with Gasteiger partial charge in [-0.05, 0) is 18.1 Å². The number of nitrogens with one attached hydrogen (secondary N) is 2. The van der Waals surface area contributed by atoms with Crippen LogP contribution in [0.1, 0.15) is 23.7 Å². The molecule has 1 aromatic heterocycles. The molecule has 0 saturated carbocycles. The van der Waals surface area contributed by atoms with E-state index < -0.39 is 12.8 Å². The van der Waals surface area contributed by atoms with Crippen molar-refractivity contribution in [2.24, 2.45) is 4.99 Å². The third-order valence-electron chi connectivity index (χ3n) is 4.38. The van der Waals surface area contributed by atoms with Crippen LogP contribution in [0.5, 0.6) is 0 Å². The largest absolute Gasteiger partial charge is 0.411 e. The maximum absolute atomic E-state index is 12.2. The van der Waals surface area contributed by atoms with Gasteiger partial charge in [-0.3, -0.25) is 0 Å². The molecule has 32 heavy (non-hydrogen) atoms. The molecule has 0 amide bonds. The summed E-state index contributed by atoms with van der Waals surface area (Å²) in [6.07, 6.45) is -4.32. The summed E-state index contributed by atoms with van der Waals surface area (Å²) in [5.74, 6) is 1.32. The summed E-state index contributed by atoms with van der Waals surface area (Å²) in [6.45, 7) is 2.17. The average molecular weight is 446 g/mol. The molecule has 1 heterocycles. The quantitative estimate of drug-likeness (QED) is 0.369. The topological polar surface area (TPSA) is 71.7 Å². The van der Waals surface area contributed by atoms with Crippen LogP contribution in [0, 0.1) is 0 Å². The van der Waals surface area contributed by atoms with Crippen molar-refractivity contribution in [1.82, 2.24) is 15.8 Å². The van der Waals surface area contributed by atoms with Gasteiger partial charge in [0.1, 0.15) is 12.3 Å². The van der Waals surface area contributed by atoms with Gasteiger partial charge in [-0.1, -0.05) is 59.8 Å². The van der Waals surface area contributed by atoms with Crippen LogP contribution in [0.25, 0.3) is 11.3 Å². The first-order valence-electron chi connectivity index (χ1n) is 10.2. The molecular formula is C23H25F3N4O2. The van der Waals surface area contributed by atoms with E-state index in [9.17, 15) is 13.2 Å². The number of rotatable bonds is 9. The molecule has 9 heteroatoms. The van der Waals surface area contributed by atoms with Gasteiger partial charge < -0.3 is 19.9 Å². The van der Waals surface area contributed by atoms with Gasteiger partial charge in [0.05, 0.1) is 19.7 Å². The van der Waals surface area contributed by atoms with Gasteiger partial charge in [0, 0.05) is 18.2 Å². The number of alkyl halides is 3. The van der Waals surface area contributed by atoms with Crippen molar-refractivity contribution < 1.29 is 22.4 Å². The summed E-state index contributed by atoms with van der Waals surface area (Å²) in [5, 5.41) is 10.5. The van der Waals surface area contributed by atoms with Gasteiger partial charge in [0.15, 0.2) is 11.7 Å². The lowest BCUT2D eigenvalue weighted by Crippen LogP contribution is -2.36. The second-order valence-electron chi connectivity index (χ2n) is 7.02. The van der Waals surface area contributed by atoms with Crippen LogP contribution in [0.3, 0.4) is 0 Å². The highest BCUT2D eigenvalue weighted by atomic mass is 19.4. The van der Waals surface area contributed by atoms with Crippen molar-refractivity contribution >= 4 is 5.96 Å². The van der Waals surface area contributed by atoms with E-state index in [1.807, 2.05) is 55.5 Å². The highest BCUT2D eigenvalue weighted by Crippen LogP contribution is 2.19. The molecule has 0 spiro atoms. The Balaban J connectivity index is 1.52. The minimum atomic E-state index is -4.32. The van der Waals surface area contributed by atoms with Crippen LogP contribution in [-0.4, -0.2) is 30.4 Å². The molecule has 3 rings (SSSR count). The molecule has 0 saturated heterocycles. The van der Waals surface area contributed by atoms with E-state index in [0.717, 1.165) is 16.8 Å². The second kappa shape index (κ2) is 11.3. The summed E-state index contributed by atoms with van der Waals surface area (Å²) in [4.78, 5) is 4.54. The summed E-state index contributed by atoms with van der Waals surface area (Å²) in [7, 11) is 0. The Morgan fingerprint density at radius 3 is 2.44 bits per heavy atom. The molecule has 0 radical (unpaired) electrons. The molecular weight excluding hydrogens is 421 g/mol. The number of halogens is 3. The monoisotopic (exact) mass is 446 g/mol. The van der Waals surface area contributed by atoms with Crippen molar-refractivity contribution in [3.63, 3.8) is 0 Å². The van der Waals surface area contributed by atoms with Crippen LogP contribution < -0.4 is 10.6 Å². The number of guanidine groups is 1. The Morgan fingerprint density at radius 1 is 1.03 bits per heavy atom. The van der Waals surface area contributed by atoms with Gasteiger partial charge >= 0.3 is 6.18 Å². The number of ether oxygens (including phenoxy) is 1. The van der Waals surface area contributed by atoms with E-state index in [1.165, 1.54) is 0 Å². The molecule has 2 N–H and O–H groups in total. The zero-order valence-corrected chi connectivity index (χ0v) is 17.7. The molecule has 0 aliphatic carbocycles. The summed E-state index contributed by atoms with van der Waals surface area (Å²) in [6, 6.07) is 18.7. The highest BCUT2D eigenvalue weighted by molar-refractivity contribution is 5.79. The number of hydrogen-bond acceptors (Lipinski definition) is 4. The summed E-state index contributed by atoms with van der Waals surface area (Å²) in [5.41, 5.74) is 3.30. The molecule has 170 valence electrons. The zero-order chi connectivity index (χ0) is 22.8. The van der Waals surface area contributed by atoms with E-state index in [4.69, 9.17) is 4.52 Å². The third kappa shape index (κ3) is 7.73. The first-order chi connectivity index (χ1) is 15.4. The van der Waals surface area contributed by atoms with Crippen molar-refractivity contribution in [1.29, 1.82) is 0 Å². The Labute approximate surface area is 184 Å². The fourth-order valence-corrected chi connectivity index (χ4v) is 2.85. The third-order valence-corrected chi connectivity index (χ3v) is 4.38. The minimum absolute atomic E-state index is 0.0874. The molecule has 0 fully saturated rings. The number of aliphatic imine (C=N–C) groups is 1. The summed E-state index contributed by atoms with van der Waals surface area (Å²) >= 11 is 0. The van der Waals surface area contributed by atoms with E-state index >= 15 is 0 Å². The first kappa shape index (κ1) is 23.3. The molecule has 0 atom stereocenters. The van der Waals surface area contributed by atoms with Crippen molar-refractivity contribution in [3.8, 4) is 11.3 Å². The van der Waals surface area contributed by atoms with E-state index in [-0.39, 0.29) is 6.61 Å². The number of hydrogen-bond donors (Lipinski definition) is 2. The lowest BCUT2D eigenvalue weighted by atomic mass is 10.1. The Hall–Kier alpha value is -3.33. The minimum Gasteiger partial charge on any atom is -0.367 e. The smallest absolute Gasteiger partial charge is 0.367 e. The van der Waals surface area contributed by atoms with Crippen LogP contribution >= 0.6 is 0 Å². The lowest BCUT2D eigenvalue weighted by Gasteiger charge is -2.10. The molecule has 0 aliphatic heterocycles. The molecule has 0 unspecified atom stereocenters. The van der Waals surface area contributed by atoms with E-state index in [1.54, 1.807) is 12.1 Å². The predicted molar refractivity (Wildman–Crippen MR) is 116 cm³/mol. The zero-order valence-electron chi connectivity index (χ0n) is 17.7. The summed E-state index contributed by atoms with van der Waals surface area (Å²) < 4.78 is 46.5. The Bertz CT molecular complexity index is 986. The predicted octanol–water partition coefficient (Wildman–Crippen LogP) is 4.68. The van der Waals surface area contributed by atoms with Gasteiger partial charge in [-0.15, -0.1) is 0 Å². The molecule has 6 nitrogen and oxygen atoms in total. The average Bonchev–Trinajstić information content (AvgIpc) is 3.25. The van der Waals surface area contributed by atoms with Gasteiger partial charge in [-0.25, -0.2) is 4.99 Å². The van der Waals surface area contributed by atoms with Gasteiger partial charge in [-0.2, -0.15) is 13.2 Å². The van der Waals surface area contributed by atoms with Crippen molar-refractivity contribution in [2.45, 2.75) is 32.8 Å². The highest BCUT2D eigenvalue weighted by Gasteiger charge is 2.27. The van der Waals surface area contributed by atoms with Gasteiger partial charge in [0.25, 0.3) is 0 Å². The fourth-order valence-electron chi connectivity index (χ4n) is 2.85. The SMILES string of the molecule is CCNC(=NCc1ccc(COCC(F)(F)F)cc1)NCc1cc(-c2ccccc2)on1. The van der Waals surface area contributed by atoms with Crippen LogP contribution in [-0.2, 0) is 24.4 Å². The molecule has 0 aliphatic rings. The Morgan fingerprint density at radius 2 is 1.75 bits per heavy atom. The first-order valence-corrected chi connectivity index (χ1v) is 10.2. The van der Waals surface area contributed by atoms with Crippen molar-refractivity contribution in [2.75, 3.05) is 13.2 Å². The maximum Gasteiger partial charge on any atom is 0.411 e. The number of benzene rings is 2. The second-order valence-corrected chi connectivity index (χ2v) is 7.02. The maximum atomic E-state index is 12.2. The molecule has 0 bridgehead atoms. The van der Waals surface area contributed by atoms with Gasteiger partial charge in [0.2, 0.25) is 0 Å². The number of nitrogens with zero attached hydrogens (tertiary/aromatic N) is 2. The molecule has 2 aromatic carbocycles. The van der Waals surface area contributed by atoms with Crippen LogP contribution in [0.4, 0.5) is 13.2 Å². The molecule has 3 aromatic rings. The lowest BCUT2D eigenvalue weighted by molar-refractivity contribution is -0.176. The number of aromatic nitrogens is 1.